The lowest BCUT2D eigenvalue weighted by Gasteiger charge is -2.29. The predicted octanol–water partition coefficient (Wildman–Crippen LogP) is 3.83. The first-order valence-electron chi connectivity index (χ1n) is 10.8. The molecule has 1 atom stereocenters. The molecule has 8 heteroatoms. The highest BCUT2D eigenvalue weighted by atomic mass is 16.5. The number of amides is 1. The number of carbonyl (C=O) groups excluding carboxylic acids is 1. The van der Waals surface area contributed by atoms with E-state index >= 15 is 0 Å². The molecule has 176 valence electrons. The summed E-state index contributed by atoms with van der Waals surface area (Å²) >= 11 is 0. The second-order valence-corrected chi connectivity index (χ2v) is 7.52. The normalized spacial score (nSPS) is 11.9. The second kappa shape index (κ2) is 12.0. The molecule has 0 saturated carbocycles. The Hall–Kier alpha value is -3.36. The Morgan fingerprint density at radius 3 is 2.55 bits per heavy atom. The monoisotopic (exact) mass is 453 g/mol. The summed E-state index contributed by atoms with van der Waals surface area (Å²) in [6.07, 6.45) is 1.38. The van der Waals surface area contributed by atoms with Crippen LogP contribution in [0.25, 0.3) is 0 Å². The maximum atomic E-state index is 12.3. The van der Waals surface area contributed by atoms with Gasteiger partial charge in [0, 0.05) is 31.8 Å². The van der Waals surface area contributed by atoms with Crippen molar-refractivity contribution in [1.29, 1.82) is 0 Å². The van der Waals surface area contributed by atoms with Crippen molar-refractivity contribution in [2.24, 2.45) is 0 Å². The lowest BCUT2D eigenvalue weighted by atomic mass is 10.1. The average molecular weight is 454 g/mol. The van der Waals surface area contributed by atoms with Gasteiger partial charge < -0.3 is 23.9 Å². The average Bonchev–Trinajstić information content (AvgIpc) is 3.32. The van der Waals surface area contributed by atoms with E-state index in [4.69, 9.17) is 18.6 Å². The Morgan fingerprint density at radius 1 is 1.06 bits per heavy atom. The molecule has 3 aromatic rings. The van der Waals surface area contributed by atoms with E-state index in [1.165, 1.54) is 6.26 Å². The van der Waals surface area contributed by atoms with Crippen molar-refractivity contribution in [3.63, 3.8) is 0 Å². The second-order valence-electron chi connectivity index (χ2n) is 7.52. The fourth-order valence-electron chi connectivity index (χ4n) is 3.59. The van der Waals surface area contributed by atoms with E-state index in [1.807, 2.05) is 36.4 Å². The predicted molar refractivity (Wildman–Crippen MR) is 124 cm³/mol. The first-order valence-corrected chi connectivity index (χ1v) is 10.8. The van der Waals surface area contributed by atoms with Crippen LogP contribution in [0.4, 0.5) is 0 Å². The van der Waals surface area contributed by atoms with Gasteiger partial charge in [0.15, 0.2) is 17.2 Å². The first kappa shape index (κ1) is 24.3. The molecule has 0 aliphatic heterocycles. The molecule has 2 aromatic carbocycles. The minimum Gasteiger partial charge on any atom is -0.493 e. The zero-order chi connectivity index (χ0) is 23.6. The molecule has 0 fully saturated rings. The molecule has 0 bridgehead atoms. The van der Waals surface area contributed by atoms with E-state index in [0.29, 0.717) is 43.6 Å². The third-order valence-corrected chi connectivity index (χ3v) is 5.40. The minimum absolute atomic E-state index is 0.0491. The number of hydrogen-bond acceptors (Lipinski definition) is 7. The van der Waals surface area contributed by atoms with E-state index in [-0.39, 0.29) is 17.6 Å². The smallest absolute Gasteiger partial charge is 0.273 e. The number of ether oxygens (including phenoxy) is 3. The van der Waals surface area contributed by atoms with Crippen molar-refractivity contribution in [3.05, 3.63) is 77.5 Å². The van der Waals surface area contributed by atoms with Gasteiger partial charge in [-0.2, -0.15) is 0 Å². The van der Waals surface area contributed by atoms with Crippen LogP contribution < -0.4 is 14.8 Å². The number of methoxy groups -OCH3 is 3. The number of hydrogen-bond donors (Lipinski definition) is 1. The van der Waals surface area contributed by atoms with Crippen LogP contribution in [0.2, 0.25) is 0 Å². The maximum Gasteiger partial charge on any atom is 0.273 e. The van der Waals surface area contributed by atoms with E-state index in [1.54, 1.807) is 21.3 Å². The topological polar surface area (TPSA) is 86.1 Å². The largest absolute Gasteiger partial charge is 0.493 e. The number of nitrogens with one attached hydrogen (secondary N) is 1. The van der Waals surface area contributed by atoms with Crippen LogP contribution in [0.3, 0.4) is 0 Å². The summed E-state index contributed by atoms with van der Waals surface area (Å²) in [5.41, 5.74) is 2.37. The molecule has 0 aliphatic carbocycles. The van der Waals surface area contributed by atoms with Crippen LogP contribution in [0.15, 0.2) is 59.2 Å². The van der Waals surface area contributed by atoms with Crippen LogP contribution in [0.1, 0.15) is 40.5 Å². The molecular weight excluding hydrogens is 422 g/mol. The molecule has 1 aromatic heterocycles. The number of rotatable bonds is 12. The molecule has 33 heavy (non-hydrogen) atoms. The van der Waals surface area contributed by atoms with Crippen molar-refractivity contribution in [2.75, 3.05) is 34.5 Å². The third-order valence-electron chi connectivity index (χ3n) is 5.40. The highest BCUT2D eigenvalue weighted by molar-refractivity contribution is 5.91. The molecular formula is C25H31N3O5. The molecule has 0 saturated heterocycles. The van der Waals surface area contributed by atoms with Gasteiger partial charge in [-0.15, -0.1) is 0 Å². The Kier molecular flexibility index (Phi) is 8.86. The van der Waals surface area contributed by atoms with Gasteiger partial charge in [0.1, 0.15) is 6.26 Å². The van der Waals surface area contributed by atoms with E-state index in [2.05, 4.69) is 34.3 Å². The van der Waals surface area contributed by atoms with Gasteiger partial charge in [-0.05, 0) is 18.6 Å². The number of aromatic nitrogens is 1. The first-order chi connectivity index (χ1) is 16.1. The fraction of sp³-hybridized carbons (Fsp3) is 0.360. The Balaban J connectivity index is 1.84. The number of carbonyl (C=O) groups is 1. The number of oxazole rings is 1. The van der Waals surface area contributed by atoms with Gasteiger partial charge in [0.2, 0.25) is 5.89 Å². The van der Waals surface area contributed by atoms with Gasteiger partial charge in [-0.1, -0.05) is 42.5 Å². The molecule has 0 aliphatic rings. The van der Waals surface area contributed by atoms with Gasteiger partial charge in [0.05, 0.1) is 27.4 Å². The third kappa shape index (κ3) is 6.34. The molecule has 0 radical (unpaired) electrons. The van der Waals surface area contributed by atoms with Crippen LogP contribution in [0.5, 0.6) is 11.5 Å². The van der Waals surface area contributed by atoms with Crippen LogP contribution >= 0.6 is 0 Å². The highest BCUT2D eigenvalue weighted by Crippen LogP contribution is 2.34. The van der Waals surface area contributed by atoms with Crippen molar-refractivity contribution < 1.29 is 23.4 Å². The number of benzene rings is 2. The van der Waals surface area contributed by atoms with Gasteiger partial charge in [-0.3, -0.25) is 9.69 Å². The highest BCUT2D eigenvalue weighted by Gasteiger charge is 2.22. The summed E-state index contributed by atoms with van der Waals surface area (Å²) in [4.78, 5) is 18.9. The minimum atomic E-state index is -0.292. The summed E-state index contributed by atoms with van der Waals surface area (Å²) in [5, 5.41) is 2.75. The Bertz CT molecular complexity index is 1020. The van der Waals surface area contributed by atoms with Crippen molar-refractivity contribution in [1.82, 2.24) is 15.2 Å². The molecule has 1 N–H and O–H groups in total. The maximum absolute atomic E-state index is 12.3. The lowest BCUT2D eigenvalue weighted by molar-refractivity contribution is 0.0932. The molecule has 1 heterocycles. The standard InChI is InChI=1S/C25H31N3O5/c1-18(19-9-6-5-7-10-19)28(15-20-11-8-12-22(31-3)24(20)32-4)16-23-27-21(17-33-23)25(29)26-13-14-30-2/h5-12,17-18H,13-16H2,1-4H3,(H,26,29). The quantitative estimate of drug-likeness (QED) is 0.417. The molecule has 8 nitrogen and oxygen atoms in total. The SMILES string of the molecule is COCCNC(=O)c1coc(CN(Cc2cccc(OC)c2OC)C(C)c2ccccc2)n1. The molecule has 3 rings (SSSR count). The van der Waals surface area contributed by atoms with Gasteiger partial charge >= 0.3 is 0 Å². The molecule has 1 unspecified atom stereocenters. The molecule has 0 spiro atoms. The van der Waals surface area contributed by atoms with Crippen molar-refractivity contribution in [2.45, 2.75) is 26.1 Å². The van der Waals surface area contributed by atoms with Crippen molar-refractivity contribution in [3.8, 4) is 11.5 Å². The Labute approximate surface area is 194 Å². The summed E-state index contributed by atoms with van der Waals surface area (Å²) in [6, 6.07) is 16.1. The van der Waals surface area contributed by atoms with Crippen molar-refractivity contribution >= 4 is 5.91 Å². The van der Waals surface area contributed by atoms with E-state index in [9.17, 15) is 4.79 Å². The lowest BCUT2D eigenvalue weighted by Crippen LogP contribution is -2.28. The molecule has 1 amide bonds. The zero-order valence-corrected chi connectivity index (χ0v) is 19.5. The van der Waals surface area contributed by atoms with Crippen LogP contribution in [-0.2, 0) is 17.8 Å². The Morgan fingerprint density at radius 2 is 1.85 bits per heavy atom. The summed E-state index contributed by atoms with van der Waals surface area (Å²) < 4.78 is 21.7. The summed E-state index contributed by atoms with van der Waals surface area (Å²) in [7, 11) is 4.84. The van der Waals surface area contributed by atoms with E-state index in [0.717, 1.165) is 11.1 Å². The fourth-order valence-corrected chi connectivity index (χ4v) is 3.59. The van der Waals surface area contributed by atoms with E-state index < -0.39 is 0 Å². The summed E-state index contributed by atoms with van der Waals surface area (Å²) in [6.45, 7) is 3.94. The number of para-hydroxylation sites is 1. The van der Waals surface area contributed by atoms with Crippen LogP contribution in [-0.4, -0.2) is 50.3 Å². The van der Waals surface area contributed by atoms with Gasteiger partial charge in [0.25, 0.3) is 5.91 Å². The van der Waals surface area contributed by atoms with Gasteiger partial charge in [-0.25, -0.2) is 4.98 Å². The summed E-state index contributed by atoms with van der Waals surface area (Å²) in [5.74, 6) is 1.53. The zero-order valence-electron chi connectivity index (χ0n) is 19.5. The number of nitrogens with zero attached hydrogens (tertiary/aromatic N) is 2. The van der Waals surface area contributed by atoms with Crippen LogP contribution in [0, 0.1) is 0 Å².